The smallest absolute Gasteiger partial charge is 0.271 e. The second-order valence-corrected chi connectivity index (χ2v) is 14.3. The minimum Gasteiger partial charge on any atom is -0.309 e. The largest absolute Gasteiger partial charge is 0.309 e. The first-order valence-corrected chi connectivity index (χ1v) is 18.0. The Hall–Kier alpha value is -5.90. The molecule has 0 radical (unpaired) electrons. The summed E-state index contributed by atoms with van der Waals surface area (Å²) in [6, 6.07) is 41.2. The normalized spacial score (nSPS) is 15.3. The Morgan fingerprint density at radius 3 is 2.26 bits per heavy atom. The van der Waals surface area contributed by atoms with Gasteiger partial charge in [-0.3, -0.25) is 19.5 Å². The van der Waals surface area contributed by atoms with Crippen LogP contribution in [0.5, 0.6) is 0 Å². The second-order valence-electron chi connectivity index (χ2n) is 12.3. The minimum absolute atomic E-state index is 0.0235. The molecule has 50 heavy (non-hydrogen) atoms. The van der Waals surface area contributed by atoms with Crippen LogP contribution in [0.4, 0.5) is 5.69 Å². The molecule has 0 saturated carbocycles. The van der Waals surface area contributed by atoms with E-state index in [1.165, 1.54) is 34.6 Å². The highest BCUT2D eigenvalue weighted by Gasteiger charge is 2.33. The third-order valence-corrected chi connectivity index (χ3v) is 11.3. The van der Waals surface area contributed by atoms with Gasteiger partial charge in [-0.15, -0.1) is 11.3 Å². The molecule has 9 rings (SSSR count). The van der Waals surface area contributed by atoms with Gasteiger partial charge < -0.3 is 4.57 Å². The van der Waals surface area contributed by atoms with E-state index in [2.05, 4.69) is 46.3 Å². The molecule has 1 atom stereocenters. The van der Waals surface area contributed by atoms with E-state index in [0.29, 0.717) is 9.33 Å². The van der Waals surface area contributed by atoms with Crippen LogP contribution < -0.4 is 14.9 Å². The molecule has 0 saturated heterocycles. The van der Waals surface area contributed by atoms with Crippen LogP contribution >= 0.6 is 22.7 Å². The summed E-state index contributed by atoms with van der Waals surface area (Å²) >= 11 is 3.09. The lowest BCUT2D eigenvalue weighted by Crippen LogP contribution is -2.38. The topological polar surface area (TPSA) is 82.4 Å². The third-order valence-electron chi connectivity index (χ3n) is 9.44. The minimum atomic E-state index is -0.388. The van der Waals surface area contributed by atoms with Crippen molar-refractivity contribution >= 4 is 40.1 Å². The Kier molecular flexibility index (Phi) is 7.37. The lowest BCUT2D eigenvalue weighted by molar-refractivity contribution is -0.384. The van der Waals surface area contributed by atoms with Gasteiger partial charge in [0, 0.05) is 33.8 Å². The zero-order valence-corrected chi connectivity index (χ0v) is 28.2. The summed E-state index contributed by atoms with van der Waals surface area (Å²) in [5.74, 6) is 0. The van der Waals surface area contributed by atoms with E-state index in [4.69, 9.17) is 4.99 Å². The van der Waals surface area contributed by atoms with Gasteiger partial charge in [-0.2, -0.15) is 0 Å². The van der Waals surface area contributed by atoms with Crippen molar-refractivity contribution in [1.29, 1.82) is 0 Å². The molecule has 242 valence electrons. The van der Waals surface area contributed by atoms with Gasteiger partial charge in [0.05, 0.1) is 32.6 Å². The molecule has 0 spiro atoms. The van der Waals surface area contributed by atoms with Crippen molar-refractivity contribution < 1.29 is 4.92 Å². The predicted molar refractivity (Wildman–Crippen MR) is 200 cm³/mol. The molecule has 0 bridgehead atoms. The van der Waals surface area contributed by atoms with Gasteiger partial charge in [0.15, 0.2) is 4.80 Å². The first kappa shape index (κ1) is 30.2. The average molecular weight is 689 g/mol. The van der Waals surface area contributed by atoms with Crippen molar-refractivity contribution in [3.63, 3.8) is 0 Å². The van der Waals surface area contributed by atoms with Crippen molar-refractivity contribution in [3.05, 3.63) is 190 Å². The van der Waals surface area contributed by atoms with Crippen molar-refractivity contribution in [2.24, 2.45) is 4.99 Å². The maximum absolute atomic E-state index is 14.6. The Bertz CT molecular complexity index is 2630. The Morgan fingerprint density at radius 2 is 1.54 bits per heavy atom. The van der Waals surface area contributed by atoms with Gasteiger partial charge in [-0.05, 0) is 70.8 Å². The molecule has 0 unspecified atom stereocenters. The SMILES string of the molecule is O=c1/c(=C\c2cc(-c3ccccc3)n(-c3ccc([N+](=O)[O-])cc3)c2-c2ccccc2)sc2n1[C@@H](c1cccs1)C1=C(N=2)c2ccccc2CC1. The van der Waals surface area contributed by atoms with E-state index < -0.39 is 0 Å². The van der Waals surface area contributed by atoms with Crippen molar-refractivity contribution in [3.8, 4) is 28.2 Å². The molecule has 0 amide bonds. The number of nitro groups is 1. The number of thiophene rings is 1. The molecular weight excluding hydrogens is 661 g/mol. The summed E-state index contributed by atoms with van der Waals surface area (Å²) in [5.41, 5.74) is 9.91. The van der Waals surface area contributed by atoms with Crippen LogP contribution in [0.3, 0.4) is 0 Å². The number of non-ortho nitro benzene ring substituents is 1. The van der Waals surface area contributed by atoms with Crippen LogP contribution in [0, 0.1) is 10.1 Å². The van der Waals surface area contributed by atoms with E-state index >= 15 is 0 Å². The number of nitro benzene ring substituents is 1. The quantitative estimate of drug-likeness (QED) is 0.130. The lowest BCUT2D eigenvalue weighted by atomic mass is 9.85. The van der Waals surface area contributed by atoms with Crippen LogP contribution in [-0.2, 0) is 6.42 Å². The summed E-state index contributed by atoms with van der Waals surface area (Å²) in [4.78, 5) is 32.8. The van der Waals surface area contributed by atoms with Crippen LogP contribution in [0.2, 0.25) is 0 Å². The van der Waals surface area contributed by atoms with Gasteiger partial charge in [0.25, 0.3) is 11.2 Å². The van der Waals surface area contributed by atoms with Crippen molar-refractivity contribution in [2.45, 2.75) is 18.9 Å². The molecule has 0 N–H and O–H groups in total. The molecule has 7 nitrogen and oxygen atoms in total. The fourth-order valence-electron chi connectivity index (χ4n) is 7.20. The standard InChI is InChI=1S/C41H28N4O3S2/c46-40-36(50-41-42-37-32-15-8-7-10-26(32)17-22-33(37)39(44(40)41)35-16-9-23-49-35)25-29-24-34(27-11-3-1-4-12-27)43(38(29)28-13-5-2-6-14-28)30-18-20-31(21-19-30)45(47)48/h1-16,18-21,23-25,39H,17,22H2/b36-25+/t39-/m1/s1. The fourth-order valence-corrected chi connectivity index (χ4v) is 9.04. The van der Waals surface area contributed by atoms with E-state index in [0.717, 1.165) is 62.7 Å². The Balaban J connectivity index is 1.31. The van der Waals surface area contributed by atoms with Gasteiger partial charge in [-0.1, -0.05) is 102 Å². The molecule has 0 fully saturated rings. The molecule has 4 heterocycles. The zero-order chi connectivity index (χ0) is 33.8. The highest BCUT2D eigenvalue weighted by atomic mass is 32.1. The summed E-state index contributed by atoms with van der Waals surface area (Å²) in [7, 11) is 0. The number of rotatable bonds is 6. The maximum atomic E-state index is 14.6. The fraction of sp³-hybridized carbons (Fsp3) is 0.0732. The highest BCUT2D eigenvalue weighted by molar-refractivity contribution is 7.10. The van der Waals surface area contributed by atoms with Crippen LogP contribution in [0.15, 0.2) is 148 Å². The first-order chi connectivity index (χ1) is 24.5. The van der Waals surface area contributed by atoms with Crippen LogP contribution in [-0.4, -0.2) is 14.1 Å². The molecule has 2 aliphatic rings. The number of thiazole rings is 1. The third kappa shape index (κ3) is 5.01. The zero-order valence-electron chi connectivity index (χ0n) is 26.6. The van der Waals surface area contributed by atoms with Crippen LogP contribution in [0.25, 0.3) is 40.0 Å². The number of hydrogen-bond donors (Lipinski definition) is 0. The lowest BCUT2D eigenvalue weighted by Gasteiger charge is -2.30. The summed E-state index contributed by atoms with van der Waals surface area (Å²) in [6.45, 7) is 0. The number of fused-ring (bicyclic) bond motifs is 3. The highest BCUT2D eigenvalue weighted by Crippen LogP contribution is 2.42. The van der Waals surface area contributed by atoms with Gasteiger partial charge in [0.1, 0.15) is 0 Å². The molecular formula is C41H28N4O3S2. The second kappa shape index (κ2) is 12.2. The number of aryl methyl sites for hydroxylation is 1. The summed E-state index contributed by atoms with van der Waals surface area (Å²) in [5, 5.41) is 13.6. The Labute approximate surface area is 294 Å². The van der Waals surface area contributed by atoms with Crippen LogP contribution in [0.1, 0.15) is 34.0 Å². The first-order valence-electron chi connectivity index (χ1n) is 16.3. The maximum Gasteiger partial charge on any atom is 0.271 e. The number of aromatic nitrogens is 2. The number of nitrogens with zero attached hydrogens (tertiary/aromatic N) is 4. The number of allylic oxidation sites excluding steroid dienone is 1. The average Bonchev–Trinajstić information content (AvgIpc) is 3.90. The summed E-state index contributed by atoms with van der Waals surface area (Å²) in [6.07, 6.45) is 3.75. The van der Waals surface area contributed by atoms with Crippen molar-refractivity contribution in [2.75, 3.05) is 0 Å². The van der Waals surface area contributed by atoms with Gasteiger partial charge in [-0.25, -0.2) is 4.99 Å². The molecule has 4 aromatic carbocycles. The van der Waals surface area contributed by atoms with Gasteiger partial charge >= 0.3 is 0 Å². The molecule has 1 aliphatic heterocycles. The molecule has 7 aromatic rings. The Morgan fingerprint density at radius 1 is 0.820 bits per heavy atom. The van der Waals surface area contributed by atoms with E-state index in [1.54, 1.807) is 23.5 Å². The predicted octanol–water partition coefficient (Wildman–Crippen LogP) is 8.41. The molecule has 9 heteroatoms. The molecule has 1 aliphatic carbocycles. The van der Waals surface area contributed by atoms with Crippen molar-refractivity contribution in [1.82, 2.24) is 9.13 Å². The van der Waals surface area contributed by atoms with E-state index in [1.807, 2.05) is 77.4 Å². The number of benzene rings is 4. The van der Waals surface area contributed by atoms with E-state index in [-0.39, 0.29) is 22.2 Å². The monoisotopic (exact) mass is 688 g/mol. The van der Waals surface area contributed by atoms with E-state index in [9.17, 15) is 14.9 Å². The summed E-state index contributed by atoms with van der Waals surface area (Å²) < 4.78 is 4.61. The number of hydrogen-bond acceptors (Lipinski definition) is 6. The van der Waals surface area contributed by atoms with Gasteiger partial charge in [0.2, 0.25) is 0 Å². The molecule has 3 aromatic heterocycles.